The van der Waals surface area contributed by atoms with Gasteiger partial charge in [-0.05, 0) is 50.6 Å². The molecule has 19 heavy (non-hydrogen) atoms. The molecule has 1 aliphatic rings. The fraction of sp³-hybridized carbons (Fsp3) is 0.600. The van der Waals surface area contributed by atoms with Gasteiger partial charge in [0.2, 0.25) is 0 Å². The summed E-state index contributed by atoms with van der Waals surface area (Å²) in [6.07, 6.45) is 3.31. The zero-order chi connectivity index (χ0) is 13.7. The Morgan fingerprint density at radius 1 is 1.26 bits per heavy atom. The third kappa shape index (κ3) is 3.85. The van der Waals surface area contributed by atoms with E-state index in [1.165, 1.54) is 5.56 Å². The fourth-order valence-electron chi connectivity index (χ4n) is 2.41. The third-order valence-corrected chi connectivity index (χ3v) is 3.62. The smallest absolute Gasteiger partial charge is 0.161 e. The van der Waals surface area contributed by atoms with Gasteiger partial charge in [-0.15, -0.1) is 0 Å². The summed E-state index contributed by atoms with van der Waals surface area (Å²) in [5, 5.41) is 0. The van der Waals surface area contributed by atoms with E-state index in [9.17, 15) is 0 Å². The normalized spacial score (nSPS) is 17.4. The van der Waals surface area contributed by atoms with Crippen molar-refractivity contribution in [1.82, 2.24) is 4.90 Å². The van der Waals surface area contributed by atoms with Crippen LogP contribution in [-0.2, 0) is 6.42 Å². The van der Waals surface area contributed by atoms with Gasteiger partial charge in [0.1, 0.15) is 6.10 Å². The summed E-state index contributed by atoms with van der Waals surface area (Å²) >= 11 is 0. The summed E-state index contributed by atoms with van der Waals surface area (Å²) in [5.41, 5.74) is 6.77. The molecule has 4 nitrogen and oxygen atoms in total. The molecule has 1 aromatic rings. The molecule has 0 saturated carbocycles. The van der Waals surface area contributed by atoms with E-state index < -0.39 is 0 Å². The predicted molar refractivity (Wildman–Crippen MR) is 76.9 cm³/mol. The first-order valence-corrected chi connectivity index (χ1v) is 6.95. The Kier molecular flexibility index (Phi) is 5.05. The second kappa shape index (κ2) is 6.78. The summed E-state index contributed by atoms with van der Waals surface area (Å²) < 4.78 is 11.5. The summed E-state index contributed by atoms with van der Waals surface area (Å²) in [7, 11) is 3.83. The van der Waals surface area contributed by atoms with Crippen LogP contribution in [0.2, 0.25) is 0 Å². The Balaban J connectivity index is 2.03. The van der Waals surface area contributed by atoms with Gasteiger partial charge in [0, 0.05) is 13.1 Å². The molecular weight excluding hydrogens is 240 g/mol. The molecule has 1 fully saturated rings. The average Bonchev–Trinajstić information content (AvgIpc) is 2.43. The first kappa shape index (κ1) is 14.2. The number of methoxy groups -OCH3 is 1. The van der Waals surface area contributed by atoms with E-state index in [0.717, 1.165) is 43.9 Å². The molecule has 0 aromatic heterocycles. The minimum absolute atomic E-state index is 0.297. The van der Waals surface area contributed by atoms with Gasteiger partial charge >= 0.3 is 0 Å². The van der Waals surface area contributed by atoms with Crippen LogP contribution in [0.4, 0.5) is 0 Å². The van der Waals surface area contributed by atoms with Crippen molar-refractivity contribution >= 4 is 0 Å². The van der Waals surface area contributed by atoms with Crippen LogP contribution in [-0.4, -0.2) is 44.8 Å². The maximum Gasteiger partial charge on any atom is 0.161 e. The Hall–Kier alpha value is -1.26. The Bertz CT molecular complexity index is 401. The SMILES string of the molecule is COc1cc(CCN)ccc1OC1CCN(C)CC1. The van der Waals surface area contributed by atoms with Crippen LogP contribution in [0.5, 0.6) is 11.5 Å². The maximum absolute atomic E-state index is 6.08. The summed E-state index contributed by atoms with van der Waals surface area (Å²) in [5.74, 6) is 1.66. The topological polar surface area (TPSA) is 47.7 Å². The van der Waals surface area contributed by atoms with E-state index in [1.807, 2.05) is 12.1 Å². The van der Waals surface area contributed by atoms with E-state index in [1.54, 1.807) is 7.11 Å². The molecule has 1 saturated heterocycles. The third-order valence-electron chi connectivity index (χ3n) is 3.62. The number of nitrogens with two attached hydrogens (primary N) is 1. The molecule has 2 rings (SSSR count). The minimum atomic E-state index is 0.297. The van der Waals surface area contributed by atoms with Gasteiger partial charge < -0.3 is 20.1 Å². The van der Waals surface area contributed by atoms with Gasteiger partial charge in [0.05, 0.1) is 7.11 Å². The highest BCUT2D eigenvalue weighted by atomic mass is 16.5. The highest BCUT2D eigenvalue weighted by molar-refractivity contribution is 5.43. The second-order valence-corrected chi connectivity index (χ2v) is 5.14. The molecule has 0 unspecified atom stereocenters. The largest absolute Gasteiger partial charge is 0.493 e. The number of ether oxygens (including phenoxy) is 2. The van der Waals surface area contributed by atoms with Crippen LogP contribution in [0.1, 0.15) is 18.4 Å². The van der Waals surface area contributed by atoms with Crippen LogP contribution in [0, 0.1) is 0 Å². The van der Waals surface area contributed by atoms with Crippen LogP contribution in [0.25, 0.3) is 0 Å². The number of benzene rings is 1. The van der Waals surface area contributed by atoms with Crippen molar-refractivity contribution in [1.29, 1.82) is 0 Å². The lowest BCUT2D eigenvalue weighted by molar-refractivity contribution is 0.111. The molecule has 1 aromatic carbocycles. The van der Waals surface area contributed by atoms with E-state index in [4.69, 9.17) is 15.2 Å². The molecular formula is C15H24N2O2. The molecule has 0 spiro atoms. The van der Waals surface area contributed by atoms with Gasteiger partial charge in [0.25, 0.3) is 0 Å². The standard InChI is InChI=1S/C15H24N2O2/c1-17-9-6-13(7-10-17)19-14-4-3-12(5-8-16)11-15(14)18-2/h3-4,11,13H,5-10,16H2,1-2H3. The quantitative estimate of drug-likeness (QED) is 0.879. The number of rotatable bonds is 5. The molecule has 0 bridgehead atoms. The molecule has 1 aliphatic heterocycles. The van der Waals surface area contributed by atoms with E-state index >= 15 is 0 Å². The van der Waals surface area contributed by atoms with Gasteiger partial charge in [-0.3, -0.25) is 0 Å². The van der Waals surface area contributed by atoms with Gasteiger partial charge in [0.15, 0.2) is 11.5 Å². The van der Waals surface area contributed by atoms with E-state index in [2.05, 4.69) is 18.0 Å². The lowest BCUT2D eigenvalue weighted by Gasteiger charge is -2.29. The first-order chi connectivity index (χ1) is 9.22. The first-order valence-electron chi connectivity index (χ1n) is 6.95. The number of piperidine rings is 1. The molecule has 0 atom stereocenters. The van der Waals surface area contributed by atoms with Crippen LogP contribution in [0.15, 0.2) is 18.2 Å². The highest BCUT2D eigenvalue weighted by Gasteiger charge is 2.19. The molecule has 0 radical (unpaired) electrons. The molecule has 0 amide bonds. The Morgan fingerprint density at radius 3 is 2.63 bits per heavy atom. The zero-order valence-electron chi connectivity index (χ0n) is 11.9. The number of nitrogens with zero attached hydrogens (tertiary/aromatic N) is 1. The van der Waals surface area contributed by atoms with Gasteiger partial charge in [-0.1, -0.05) is 6.07 Å². The van der Waals surface area contributed by atoms with Crippen molar-refractivity contribution < 1.29 is 9.47 Å². The predicted octanol–water partition coefficient (Wildman–Crippen LogP) is 1.67. The molecule has 4 heteroatoms. The van der Waals surface area contributed by atoms with Gasteiger partial charge in [-0.25, -0.2) is 0 Å². The van der Waals surface area contributed by atoms with Crippen LogP contribution in [0.3, 0.4) is 0 Å². The van der Waals surface area contributed by atoms with Crippen molar-refractivity contribution in [3.8, 4) is 11.5 Å². The van der Waals surface area contributed by atoms with Crippen molar-refractivity contribution in [3.05, 3.63) is 23.8 Å². The Morgan fingerprint density at radius 2 is 2.00 bits per heavy atom. The van der Waals surface area contributed by atoms with Gasteiger partial charge in [-0.2, -0.15) is 0 Å². The highest BCUT2D eigenvalue weighted by Crippen LogP contribution is 2.30. The van der Waals surface area contributed by atoms with Crippen molar-refractivity contribution in [2.24, 2.45) is 5.73 Å². The number of likely N-dealkylation sites (tertiary alicyclic amines) is 1. The number of hydrogen-bond acceptors (Lipinski definition) is 4. The lowest BCUT2D eigenvalue weighted by Crippen LogP contribution is -2.35. The maximum atomic E-state index is 6.08. The fourth-order valence-corrected chi connectivity index (χ4v) is 2.41. The summed E-state index contributed by atoms with van der Waals surface area (Å²) in [4.78, 5) is 2.33. The molecule has 1 heterocycles. The monoisotopic (exact) mass is 264 g/mol. The van der Waals surface area contributed by atoms with E-state index in [-0.39, 0.29) is 0 Å². The summed E-state index contributed by atoms with van der Waals surface area (Å²) in [6, 6.07) is 6.10. The number of hydrogen-bond donors (Lipinski definition) is 1. The molecule has 0 aliphatic carbocycles. The minimum Gasteiger partial charge on any atom is -0.493 e. The molecule has 2 N–H and O–H groups in total. The lowest BCUT2D eigenvalue weighted by atomic mass is 10.1. The zero-order valence-corrected chi connectivity index (χ0v) is 11.9. The van der Waals surface area contributed by atoms with Crippen molar-refractivity contribution in [2.45, 2.75) is 25.4 Å². The van der Waals surface area contributed by atoms with E-state index in [0.29, 0.717) is 12.6 Å². The van der Waals surface area contributed by atoms with Crippen LogP contribution >= 0.6 is 0 Å². The summed E-state index contributed by atoms with van der Waals surface area (Å²) in [6.45, 7) is 2.84. The Labute approximate surface area is 115 Å². The van der Waals surface area contributed by atoms with Crippen molar-refractivity contribution in [3.63, 3.8) is 0 Å². The second-order valence-electron chi connectivity index (χ2n) is 5.14. The van der Waals surface area contributed by atoms with Crippen LogP contribution < -0.4 is 15.2 Å². The molecule has 106 valence electrons. The average molecular weight is 264 g/mol. The van der Waals surface area contributed by atoms with Crippen molar-refractivity contribution in [2.75, 3.05) is 33.8 Å².